The van der Waals surface area contributed by atoms with E-state index in [-0.39, 0.29) is 5.78 Å². The zero-order valence-corrected chi connectivity index (χ0v) is 16.9. The Kier molecular flexibility index (Phi) is 5.83. The molecule has 0 bridgehead atoms. The van der Waals surface area contributed by atoms with Gasteiger partial charge in [0.1, 0.15) is 5.75 Å². The highest BCUT2D eigenvalue weighted by Gasteiger charge is 2.29. The van der Waals surface area contributed by atoms with Gasteiger partial charge < -0.3 is 5.11 Å². The number of unbranched alkanes of at least 4 members (excludes halogenated alkanes) is 1. The molecule has 0 heterocycles. The van der Waals surface area contributed by atoms with Gasteiger partial charge in [-0.15, -0.1) is 0 Å². The quantitative estimate of drug-likeness (QED) is 0.397. The van der Waals surface area contributed by atoms with E-state index in [1.165, 1.54) is 0 Å². The molecule has 0 saturated carbocycles. The van der Waals surface area contributed by atoms with Crippen molar-refractivity contribution in [1.82, 2.24) is 0 Å². The summed E-state index contributed by atoms with van der Waals surface area (Å²) in [6.07, 6.45) is 1.70. The average molecular weight is 333 g/mol. The van der Waals surface area contributed by atoms with E-state index in [4.69, 9.17) is 0 Å². The molecule has 0 radical (unpaired) electrons. The Morgan fingerprint density at radius 3 is 1.86 bits per heavy atom. The van der Waals surface area contributed by atoms with Crippen LogP contribution in [-0.4, -0.2) is 27.0 Å². The first-order valence-corrected chi connectivity index (χ1v) is 14.9. The van der Waals surface area contributed by atoms with E-state index in [1.807, 2.05) is 19.1 Å². The van der Waals surface area contributed by atoms with Crippen molar-refractivity contribution in [3.05, 3.63) is 17.7 Å². The number of phenols is 1. The molecule has 1 aromatic rings. The van der Waals surface area contributed by atoms with Gasteiger partial charge in [0.15, 0.2) is 0 Å². The molecule has 1 aromatic carbocycles. The van der Waals surface area contributed by atoms with E-state index < -0.39 is 16.1 Å². The van der Waals surface area contributed by atoms with Crippen molar-refractivity contribution in [2.24, 2.45) is 0 Å². The van der Waals surface area contributed by atoms with Gasteiger partial charge in [0.05, 0.1) is 16.1 Å². The van der Waals surface area contributed by atoms with Crippen LogP contribution in [0.3, 0.4) is 0 Å². The third kappa shape index (κ3) is 4.59. The first kappa shape index (κ1) is 18.7. The second-order valence-electron chi connectivity index (χ2n) is 7.80. The molecular formula is C18H28O2Si2. The van der Waals surface area contributed by atoms with Crippen molar-refractivity contribution in [2.75, 3.05) is 0 Å². The van der Waals surface area contributed by atoms with Crippen LogP contribution in [0.15, 0.2) is 12.1 Å². The minimum atomic E-state index is -1.73. The molecule has 0 fully saturated rings. The minimum Gasteiger partial charge on any atom is -0.508 e. The molecule has 0 aliphatic rings. The number of ketones is 1. The molecule has 0 saturated heterocycles. The Bertz CT molecular complexity index is 588. The second kappa shape index (κ2) is 6.84. The molecule has 0 atom stereocenters. The summed E-state index contributed by atoms with van der Waals surface area (Å²) >= 11 is 0. The number of rotatable bonds is 4. The Hall–Kier alpha value is -1.32. The van der Waals surface area contributed by atoms with Crippen LogP contribution < -0.4 is 10.4 Å². The molecule has 0 amide bonds. The van der Waals surface area contributed by atoms with Crippen LogP contribution in [0.2, 0.25) is 39.3 Å². The smallest absolute Gasteiger partial charge is 0.235 e. The van der Waals surface area contributed by atoms with Crippen LogP contribution in [-0.2, 0) is 0 Å². The van der Waals surface area contributed by atoms with Gasteiger partial charge in [-0.3, -0.25) is 4.79 Å². The maximum Gasteiger partial charge on any atom is 0.235 e. The van der Waals surface area contributed by atoms with Crippen LogP contribution in [0.1, 0.15) is 30.1 Å². The molecule has 0 aliphatic heterocycles. The molecule has 0 unspecified atom stereocenters. The fourth-order valence-electron chi connectivity index (χ4n) is 2.25. The summed E-state index contributed by atoms with van der Waals surface area (Å²) in [4.78, 5) is 12.4. The number of carbonyl (C=O) groups excluding carboxylic acids is 1. The molecule has 4 heteroatoms. The third-order valence-electron chi connectivity index (χ3n) is 3.57. The Balaban J connectivity index is 3.49. The molecule has 22 heavy (non-hydrogen) atoms. The number of benzene rings is 1. The number of hydrogen-bond acceptors (Lipinski definition) is 2. The van der Waals surface area contributed by atoms with Crippen molar-refractivity contribution in [1.29, 1.82) is 0 Å². The number of hydrogen-bond donors (Lipinski definition) is 1. The van der Waals surface area contributed by atoms with E-state index >= 15 is 0 Å². The van der Waals surface area contributed by atoms with E-state index in [0.717, 1.165) is 23.2 Å². The van der Waals surface area contributed by atoms with Crippen LogP contribution in [0.5, 0.6) is 5.75 Å². The maximum atomic E-state index is 12.4. The zero-order chi connectivity index (χ0) is 17.1. The maximum absolute atomic E-state index is 12.4. The van der Waals surface area contributed by atoms with Crippen molar-refractivity contribution in [3.8, 4) is 17.6 Å². The van der Waals surface area contributed by atoms with Gasteiger partial charge in [-0.2, -0.15) is 0 Å². The topological polar surface area (TPSA) is 37.3 Å². The monoisotopic (exact) mass is 332 g/mol. The summed E-state index contributed by atoms with van der Waals surface area (Å²) in [6, 6.07) is 3.74. The van der Waals surface area contributed by atoms with Crippen LogP contribution in [0.25, 0.3) is 0 Å². The number of Topliss-reactive ketones (excluding diaryl/α,β-unsaturated/α-hetero) is 1. The number of carbonyl (C=O) groups is 1. The lowest BCUT2D eigenvalue weighted by molar-refractivity contribution is 0.105. The molecule has 1 rings (SSSR count). The lowest BCUT2D eigenvalue weighted by Crippen LogP contribution is -2.46. The van der Waals surface area contributed by atoms with Crippen molar-refractivity contribution in [3.63, 3.8) is 0 Å². The molecule has 0 aliphatic carbocycles. The molecule has 120 valence electrons. The molecule has 0 spiro atoms. The normalized spacial score (nSPS) is 11.8. The van der Waals surface area contributed by atoms with Crippen molar-refractivity contribution < 1.29 is 9.90 Å². The summed E-state index contributed by atoms with van der Waals surface area (Å²) in [5.41, 5.74) is 0.635. The summed E-state index contributed by atoms with van der Waals surface area (Å²) in [5.74, 6) is 5.94. The fourth-order valence-corrected chi connectivity index (χ4v) is 5.24. The molecule has 0 aromatic heterocycles. The van der Waals surface area contributed by atoms with Gasteiger partial charge >= 0.3 is 0 Å². The molecule has 2 nitrogen and oxygen atoms in total. The van der Waals surface area contributed by atoms with Gasteiger partial charge in [0, 0.05) is 12.0 Å². The van der Waals surface area contributed by atoms with Crippen molar-refractivity contribution >= 4 is 32.3 Å². The van der Waals surface area contributed by atoms with Crippen LogP contribution in [0.4, 0.5) is 0 Å². The summed E-state index contributed by atoms with van der Waals surface area (Å²) < 4.78 is 0. The summed E-state index contributed by atoms with van der Waals surface area (Å²) in [6.45, 7) is 15.2. The first-order chi connectivity index (χ1) is 9.98. The highest BCUT2D eigenvalue weighted by atomic mass is 28.3. The third-order valence-corrected chi connectivity index (χ3v) is 7.56. The largest absolute Gasteiger partial charge is 0.508 e. The van der Waals surface area contributed by atoms with Gasteiger partial charge in [-0.25, -0.2) is 0 Å². The Morgan fingerprint density at radius 1 is 1.05 bits per heavy atom. The van der Waals surface area contributed by atoms with E-state index in [0.29, 0.717) is 11.3 Å². The van der Waals surface area contributed by atoms with Gasteiger partial charge in [-0.1, -0.05) is 52.1 Å². The Morgan fingerprint density at radius 2 is 1.50 bits per heavy atom. The SMILES string of the molecule is CCCC#CC(=O)c1cc([Si](C)(C)C)c(O)c([Si](C)(C)C)c1. The average Bonchev–Trinajstić information content (AvgIpc) is 2.36. The van der Waals surface area contributed by atoms with Crippen LogP contribution in [0, 0.1) is 11.8 Å². The lowest BCUT2D eigenvalue weighted by Gasteiger charge is -2.25. The second-order valence-corrected chi connectivity index (χ2v) is 17.9. The molecular weight excluding hydrogens is 304 g/mol. The Labute approximate surface area is 137 Å². The standard InChI is InChI=1S/C18H28O2Si2/c1-8-9-10-11-15(19)14-12-16(21(2,3)4)18(20)17(13-14)22(5,6)7/h12-13,20H,8-9H2,1-7H3. The lowest BCUT2D eigenvalue weighted by atomic mass is 10.1. The summed E-state index contributed by atoms with van der Waals surface area (Å²) in [5, 5.41) is 12.6. The number of phenolic OH excluding ortho intramolecular Hbond substituents is 1. The van der Waals surface area contributed by atoms with Gasteiger partial charge in [0.2, 0.25) is 5.78 Å². The fraction of sp³-hybridized carbons (Fsp3) is 0.500. The zero-order valence-electron chi connectivity index (χ0n) is 14.9. The predicted octanol–water partition coefficient (Wildman–Crippen LogP) is 3.47. The van der Waals surface area contributed by atoms with Crippen molar-refractivity contribution in [2.45, 2.75) is 59.0 Å². The van der Waals surface area contributed by atoms with E-state index in [2.05, 4.69) is 51.1 Å². The van der Waals surface area contributed by atoms with E-state index in [9.17, 15) is 9.90 Å². The van der Waals surface area contributed by atoms with Crippen LogP contribution >= 0.6 is 0 Å². The van der Waals surface area contributed by atoms with E-state index in [1.54, 1.807) is 0 Å². The first-order valence-electron chi connectivity index (χ1n) is 7.89. The molecule has 1 N–H and O–H groups in total. The van der Waals surface area contributed by atoms with Gasteiger partial charge in [-0.05, 0) is 34.8 Å². The predicted molar refractivity (Wildman–Crippen MR) is 101 cm³/mol. The number of aromatic hydroxyl groups is 1. The minimum absolute atomic E-state index is 0.132. The van der Waals surface area contributed by atoms with Gasteiger partial charge in [0.25, 0.3) is 0 Å². The highest BCUT2D eigenvalue weighted by Crippen LogP contribution is 2.18. The highest BCUT2D eigenvalue weighted by molar-refractivity contribution is 6.92. The summed E-state index contributed by atoms with van der Waals surface area (Å²) in [7, 11) is -3.46.